The van der Waals surface area contributed by atoms with E-state index in [1.165, 1.54) is 0 Å². The Morgan fingerprint density at radius 1 is 1.00 bits per heavy atom. The lowest BCUT2D eigenvalue weighted by molar-refractivity contribution is 1.34. The zero-order valence-corrected chi connectivity index (χ0v) is 11.3. The van der Waals surface area contributed by atoms with E-state index in [-0.39, 0.29) is 0 Å². The molecule has 0 aliphatic heterocycles. The molecule has 0 amide bonds. The number of nitrogens with zero attached hydrogens (tertiary/aromatic N) is 2. The quantitative estimate of drug-likeness (QED) is 0.451. The van der Waals surface area contributed by atoms with Crippen LogP contribution in [0.1, 0.15) is 0 Å². The van der Waals surface area contributed by atoms with E-state index in [4.69, 9.17) is 0 Å². The van der Waals surface area contributed by atoms with Gasteiger partial charge in [0.15, 0.2) is 0 Å². The van der Waals surface area contributed by atoms with Crippen LogP contribution in [0.25, 0.3) is 21.8 Å². The first kappa shape index (κ1) is 10.2. The largest absolute Gasteiger partial charge is 0.254 e. The van der Waals surface area contributed by atoms with Gasteiger partial charge in [-0.2, -0.15) is 0 Å². The molecule has 0 saturated heterocycles. The van der Waals surface area contributed by atoms with Crippen molar-refractivity contribution in [2.24, 2.45) is 0 Å². The average Bonchev–Trinajstić information content (AvgIpc) is 2.28. The van der Waals surface area contributed by atoms with Crippen molar-refractivity contribution in [2.75, 3.05) is 0 Å². The molecular formula is C12H6Br2N2. The molecule has 0 saturated carbocycles. The first-order valence-electron chi connectivity index (χ1n) is 4.74. The minimum Gasteiger partial charge on any atom is -0.254 e. The molecule has 3 aromatic rings. The predicted octanol–water partition coefficient (Wildman–Crippen LogP) is 4.31. The highest BCUT2D eigenvalue weighted by atomic mass is 79.9. The van der Waals surface area contributed by atoms with E-state index in [1.54, 1.807) is 0 Å². The molecule has 0 aliphatic rings. The number of halogens is 2. The van der Waals surface area contributed by atoms with Crippen LogP contribution in [0.15, 0.2) is 45.6 Å². The molecule has 0 unspecified atom stereocenters. The van der Waals surface area contributed by atoms with Gasteiger partial charge in [0, 0.05) is 21.4 Å². The highest BCUT2D eigenvalue weighted by Gasteiger charge is 2.03. The topological polar surface area (TPSA) is 25.8 Å². The Labute approximate surface area is 109 Å². The zero-order chi connectivity index (χ0) is 11.1. The number of pyridine rings is 2. The Hall–Kier alpha value is -1.00. The first-order chi connectivity index (χ1) is 7.74. The van der Waals surface area contributed by atoms with Crippen LogP contribution >= 0.6 is 31.9 Å². The van der Waals surface area contributed by atoms with Gasteiger partial charge >= 0.3 is 0 Å². The van der Waals surface area contributed by atoms with Crippen LogP contribution in [0, 0.1) is 0 Å². The van der Waals surface area contributed by atoms with Crippen molar-refractivity contribution in [3.8, 4) is 0 Å². The molecule has 0 atom stereocenters. The highest BCUT2D eigenvalue weighted by molar-refractivity contribution is 9.10. The Kier molecular flexibility index (Phi) is 2.41. The highest BCUT2D eigenvalue weighted by Crippen LogP contribution is 2.25. The van der Waals surface area contributed by atoms with Gasteiger partial charge in [-0.25, -0.2) is 4.98 Å². The number of benzene rings is 1. The van der Waals surface area contributed by atoms with E-state index in [1.807, 2.05) is 30.5 Å². The molecule has 0 fully saturated rings. The molecule has 4 heteroatoms. The van der Waals surface area contributed by atoms with Crippen molar-refractivity contribution in [3.05, 3.63) is 45.6 Å². The molecule has 0 N–H and O–H groups in total. The summed E-state index contributed by atoms with van der Waals surface area (Å²) in [7, 11) is 0. The SMILES string of the molecule is Brc1cnc2c(ccc3nc(Br)ccc32)c1. The summed E-state index contributed by atoms with van der Waals surface area (Å²) in [6.45, 7) is 0. The lowest BCUT2D eigenvalue weighted by Gasteiger charge is -2.03. The van der Waals surface area contributed by atoms with Gasteiger partial charge in [-0.3, -0.25) is 4.98 Å². The maximum Gasteiger partial charge on any atom is 0.106 e. The fourth-order valence-corrected chi connectivity index (χ4v) is 2.43. The van der Waals surface area contributed by atoms with E-state index >= 15 is 0 Å². The number of hydrogen-bond acceptors (Lipinski definition) is 2. The lowest BCUT2D eigenvalue weighted by Crippen LogP contribution is -1.85. The van der Waals surface area contributed by atoms with Crippen LogP contribution < -0.4 is 0 Å². The molecule has 0 spiro atoms. The summed E-state index contributed by atoms with van der Waals surface area (Å²) in [6.07, 6.45) is 1.81. The second-order valence-electron chi connectivity index (χ2n) is 3.49. The van der Waals surface area contributed by atoms with Gasteiger partial charge in [0.05, 0.1) is 11.0 Å². The second-order valence-corrected chi connectivity index (χ2v) is 5.22. The summed E-state index contributed by atoms with van der Waals surface area (Å²) in [5.41, 5.74) is 1.94. The molecule has 0 bridgehead atoms. The zero-order valence-electron chi connectivity index (χ0n) is 8.11. The standard InChI is InChI=1S/C12H6Br2N2/c13-8-5-7-1-3-10-9(12(7)15-6-8)2-4-11(14)16-10/h1-6H. The van der Waals surface area contributed by atoms with Crippen molar-refractivity contribution in [2.45, 2.75) is 0 Å². The van der Waals surface area contributed by atoms with E-state index < -0.39 is 0 Å². The van der Waals surface area contributed by atoms with Crippen molar-refractivity contribution in [1.29, 1.82) is 0 Å². The first-order valence-corrected chi connectivity index (χ1v) is 6.33. The average molecular weight is 338 g/mol. The van der Waals surface area contributed by atoms with Crippen molar-refractivity contribution in [3.63, 3.8) is 0 Å². The second kappa shape index (κ2) is 3.79. The van der Waals surface area contributed by atoms with Gasteiger partial charge in [-0.05, 0) is 56.1 Å². The van der Waals surface area contributed by atoms with Gasteiger partial charge < -0.3 is 0 Å². The molecule has 0 aliphatic carbocycles. The molecule has 16 heavy (non-hydrogen) atoms. The summed E-state index contributed by atoms with van der Waals surface area (Å²) in [5.74, 6) is 0. The lowest BCUT2D eigenvalue weighted by atomic mass is 10.1. The Bertz CT molecular complexity index is 634. The van der Waals surface area contributed by atoms with E-state index in [2.05, 4.69) is 47.9 Å². The number of fused-ring (bicyclic) bond motifs is 3. The minimum atomic E-state index is 0.844. The number of hydrogen-bond donors (Lipinski definition) is 0. The third-order valence-corrected chi connectivity index (χ3v) is 3.33. The third-order valence-electron chi connectivity index (χ3n) is 2.45. The van der Waals surface area contributed by atoms with Crippen LogP contribution in [0.3, 0.4) is 0 Å². The summed E-state index contributed by atoms with van der Waals surface area (Å²) >= 11 is 6.79. The molecule has 2 aromatic heterocycles. The molecule has 1 aromatic carbocycles. The molecule has 78 valence electrons. The Balaban J connectivity index is 2.50. The summed E-state index contributed by atoms with van der Waals surface area (Å²) < 4.78 is 1.83. The Morgan fingerprint density at radius 3 is 2.75 bits per heavy atom. The molecular weight excluding hydrogens is 332 g/mol. The fraction of sp³-hybridized carbons (Fsp3) is 0. The smallest absolute Gasteiger partial charge is 0.106 e. The summed E-state index contributed by atoms with van der Waals surface area (Å²) in [4.78, 5) is 8.85. The predicted molar refractivity (Wildman–Crippen MR) is 72.4 cm³/mol. The number of aromatic nitrogens is 2. The van der Waals surface area contributed by atoms with Gasteiger partial charge in [0.25, 0.3) is 0 Å². The van der Waals surface area contributed by atoms with Gasteiger partial charge in [-0.1, -0.05) is 6.07 Å². The maximum absolute atomic E-state index is 4.44. The summed E-state index contributed by atoms with van der Waals surface area (Å²) in [6, 6.07) is 10.1. The van der Waals surface area contributed by atoms with E-state index in [0.29, 0.717) is 0 Å². The van der Waals surface area contributed by atoms with Crippen molar-refractivity contribution in [1.82, 2.24) is 9.97 Å². The molecule has 3 rings (SSSR count). The Morgan fingerprint density at radius 2 is 1.88 bits per heavy atom. The van der Waals surface area contributed by atoms with Crippen molar-refractivity contribution < 1.29 is 0 Å². The van der Waals surface area contributed by atoms with Crippen LogP contribution in [0.5, 0.6) is 0 Å². The molecule has 2 heterocycles. The van der Waals surface area contributed by atoms with Crippen LogP contribution in [0.4, 0.5) is 0 Å². The fourth-order valence-electron chi connectivity index (χ4n) is 1.75. The molecule has 2 nitrogen and oxygen atoms in total. The van der Waals surface area contributed by atoms with Gasteiger partial charge in [-0.15, -0.1) is 0 Å². The minimum absolute atomic E-state index is 0.844. The number of rotatable bonds is 0. The molecule has 0 radical (unpaired) electrons. The van der Waals surface area contributed by atoms with Crippen LogP contribution in [-0.4, -0.2) is 9.97 Å². The van der Waals surface area contributed by atoms with Gasteiger partial charge in [0.1, 0.15) is 4.60 Å². The summed E-state index contributed by atoms with van der Waals surface area (Å²) in [5, 5.41) is 2.19. The monoisotopic (exact) mass is 336 g/mol. The normalized spacial score (nSPS) is 11.1. The van der Waals surface area contributed by atoms with Crippen LogP contribution in [0.2, 0.25) is 0 Å². The van der Waals surface area contributed by atoms with Gasteiger partial charge in [0.2, 0.25) is 0 Å². The van der Waals surface area contributed by atoms with Crippen LogP contribution in [-0.2, 0) is 0 Å². The van der Waals surface area contributed by atoms with E-state index in [0.717, 1.165) is 30.9 Å². The van der Waals surface area contributed by atoms with Crippen molar-refractivity contribution >= 4 is 53.7 Å². The van der Waals surface area contributed by atoms with E-state index in [9.17, 15) is 0 Å². The maximum atomic E-state index is 4.44. The third kappa shape index (κ3) is 1.62.